The summed E-state index contributed by atoms with van der Waals surface area (Å²) in [5.74, 6) is -0.672. The zero-order valence-corrected chi connectivity index (χ0v) is 6.08. The van der Waals surface area contributed by atoms with Crippen LogP contribution in [0.25, 0.3) is 0 Å². The average molecular weight is 163 g/mol. The van der Waals surface area contributed by atoms with Gasteiger partial charge < -0.3 is 9.84 Å². The third-order valence-electron chi connectivity index (χ3n) is 1.69. The zero-order valence-electron chi connectivity index (χ0n) is 6.08. The number of methoxy groups -OCH3 is 1. The molecule has 1 aliphatic rings. The van der Waals surface area contributed by atoms with Gasteiger partial charge in [0.15, 0.2) is 6.17 Å². The fourth-order valence-corrected chi connectivity index (χ4v) is 1.04. The smallest absolute Gasteiger partial charge is 0.326 e. The van der Waals surface area contributed by atoms with Crippen molar-refractivity contribution in [3.05, 3.63) is 0 Å². The molecule has 5 heteroatoms. The van der Waals surface area contributed by atoms with Crippen LogP contribution in [0.5, 0.6) is 0 Å². The van der Waals surface area contributed by atoms with Gasteiger partial charge in [-0.2, -0.15) is 0 Å². The van der Waals surface area contributed by atoms with Crippen molar-refractivity contribution in [2.75, 3.05) is 13.7 Å². The standard InChI is InChI=1S/C6H10FNO3/c1-11-6(10)5-4(7)3(9)2-8-5/h3-5,8-9H,2H2,1H3/t3-,4+,5-/m0/s1. The van der Waals surface area contributed by atoms with E-state index in [0.717, 1.165) is 0 Å². The minimum atomic E-state index is -1.55. The third-order valence-corrected chi connectivity index (χ3v) is 1.69. The van der Waals surface area contributed by atoms with Crippen LogP contribution in [0.4, 0.5) is 4.39 Å². The molecule has 0 aliphatic carbocycles. The number of carbonyl (C=O) groups is 1. The van der Waals surface area contributed by atoms with Crippen molar-refractivity contribution in [3.63, 3.8) is 0 Å². The number of rotatable bonds is 1. The second-order valence-corrected chi connectivity index (χ2v) is 2.42. The molecule has 64 valence electrons. The Morgan fingerprint density at radius 3 is 2.82 bits per heavy atom. The second kappa shape index (κ2) is 3.15. The maximum Gasteiger partial charge on any atom is 0.326 e. The first kappa shape index (κ1) is 8.42. The highest BCUT2D eigenvalue weighted by atomic mass is 19.1. The number of halogens is 1. The minimum Gasteiger partial charge on any atom is -0.468 e. The van der Waals surface area contributed by atoms with Gasteiger partial charge in [-0.15, -0.1) is 0 Å². The van der Waals surface area contributed by atoms with Gasteiger partial charge in [0, 0.05) is 6.54 Å². The van der Waals surface area contributed by atoms with Crippen molar-refractivity contribution in [3.8, 4) is 0 Å². The molecule has 1 saturated heterocycles. The number of ether oxygens (including phenoxy) is 1. The lowest BCUT2D eigenvalue weighted by atomic mass is 10.2. The number of nitrogens with one attached hydrogen (secondary N) is 1. The molecule has 2 N–H and O–H groups in total. The fraction of sp³-hybridized carbons (Fsp3) is 0.833. The van der Waals surface area contributed by atoms with Crippen molar-refractivity contribution in [1.82, 2.24) is 5.32 Å². The molecule has 1 aliphatic heterocycles. The van der Waals surface area contributed by atoms with Crippen LogP contribution >= 0.6 is 0 Å². The fourth-order valence-electron chi connectivity index (χ4n) is 1.04. The molecule has 1 fully saturated rings. The van der Waals surface area contributed by atoms with Crippen molar-refractivity contribution >= 4 is 5.97 Å². The Morgan fingerprint density at radius 2 is 2.45 bits per heavy atom. The Bertz CT molecular complexity index is 164. The molecule has 0 saturated carbocycles. The van der Waals surface area contributed by atoms with Crippen LogP contribution in [-0.4, -0.2) is 43.0 Å². The summed E-state index contributed by atoms with van der Waals surface area (Å²) in [6.45, 7) is 0.0981. The molecule has 0 aromatic rings. The lowest BCUT2D eigenvalue weighted by Gasteiger charge is -2.10. The van der Waals surface area contributed by atoms with Crippen LogP contribution in [0.2, 0.25) is 0 Å². The molecule has 0 bridgehead atoms. The van der Waals surface area contributed by atoms with E-state index in [1.165, 1.54) is 7.11 Å². The van der Waals surface area contributed by atoms with Gasteiger partial charge in [0.05, 0.1) is 13.2 Å². The van der Waals surface area contributed by atoms with Gasteiger partial charge in [0.1, 0.15) is 6.04 Å². The van der Waals surface area contributed by atoms with Gasteiger partial charge in [0.25, 0.3) is 0 Å². The first-order valence-corrected chi connectivity index (χ1v) is 3.30. The molecule has 0 spiro atoms. The maximum atomic E-state index is 12.8. The third kappa shape index (κ3) is 1.49. The number of carbonyl (C=O) groups excluding carboxylic acids is 1. The Balaban J connectivity index is 2.54. The SMILES string of the molecule is COC(=O)[C@H]1NC[C@H](O)[C@H]1F. The first-order valence-electron chi connectivity index (χ1n) is 3.30. The predicted octanol–water partition coefficient (Wildman–Crippen LogP) is -1.17. The molecule has 3 atom stereocenters. The molecule has 1 heterocycles. The summed E-state index contributed by atoms with van der Waals surface area (Å²) in [6, 6.07) is -1.00. The zero-order chi connectivity index (χ0) is 8.43. The van der Waals surface area contributed by atoms with E-state index in [-0.39, 0.29) is 6.54 Å². The number of aliphatic hydroxyl groups excluding tert-OH is 1. The number of hydrogen-bond donors (Lipinski definition) is 2. The molecule has 0 radical (unpaired) electrons. The van der Waals surface area contributed by atoms with E-state index < -0.39 is 24.3 Å². The second-order valence-electron chi connectivity index (χ2n) is 2.42. The summed E-state index contributed by atoms with van der Waals surface area (Å²) in [7, 11) is 1.18. The summed E-state index contributed by atoms with van der Waals surface area (Å²) in [5, 5.41) is 11.4. The lowest BCUT2D eigenvalue weighted by molar-refractivity contribution is -0.144. The average Bonchev–Trinajstić information content (AvgIpc) is 2.32. The van der Waals surface area contributed by atoms with E-state index in [4.69, 9.17) is 5.11 Å². The van der Waals surface area contributed by atoms with E-state index in [1.54, 1.807) is 0 Å². The van der Waals surface area contributed by atoms with Gasteiger partial charge >= 0.3 is 5.97 Å². The van der Waals surface area contributed by atoms with E-state index >= 15 is 0 Å². The van der Waals surface area contributed by atoms with Gasteiger partial charge in [-0.05, 0) is 0 Å². The largest absolute Gasteiger partial charge is 0.468 e. The minimum absolute atomic E-state index is 0.0981. The summed E-state index contributed by atoms with van der Waals surface area (Å²) in [5.41, 5.74) is 0. The van der Waals surface area contributed by atoms with Crippen LogP contribution in [0, 0.1) is 0 Å². The number of hydrogen-bond acceptors (Lipinski definition) is 4. The topological polar surface area (TPSA) is 58.6 Å². The van der Waals surface area contributed by atoms with Crippen LogP contribution in [0.15, 0.2) is 0 Å². The molecule has 0 unspecified atom stereocenters. The maximum absolute atomic E-state index is 12.8. The van der Waals surface area contributed by atoms with Crippen LogP contribution in [0.3, 0.4) is 0 Å². The number of aliphatic hydroxyl groups is 1. The molecule has 1 rings (SSSR count). The van der Waals surface area contributed by atoms with Crippen LogP contribution in [-0.2, 0) is 9.53 Å². The quantitative estimate of drug-likeness (QED) is 0.478. The van der Waals surface area contributed by atoms with Crippen LogP contribution in [0.1, 0.15) is 0 Å². The van der Waals surface area contributed by atoms with Crippen LogP contribution < -0.4 is 5.32 Å². The number of alkyl halides is 1. The lowest BCUT2D eigenvalue weighted by Crippen LogP contribution is -2.38. The summed E-state index contributed by atoms with van der Waals surface area (Å²) >= 11 is 0. The van der Waals surface area contributed by atoms with Crippen molar-refractivity contribution in [2.45, 2.75) is 18.3 Å². The van der Waals surface area contributed by atoms with E-state index in [0.29, 0.717) is 0 Å². The number of β-amino-alcohol motifs (C(OH)–C–C–N with tert-alkyl or cyclic N) is 1. The summed E-state index contributed by atoms with van der Waals surface area (Å²) in [4.78, 5) is 10.7. The Labute approximate surface area is 63.3 Å². The van der Waals surface area contributed by atoms with Crippen molar-refractivity contribution < 1.29 is 19.0 Å². The van der Waals surface area contributed by atoms with Gasteiger partial charge in [-0.3, -0.25) is 10.1 Å². The van der Waals surface area contributed by atoms with Gasteiger partial charge in [-0.25, -0.2) is 4.39 Å². The van der Waals surface area contributed by atoms with E-state index in [2.05, 4.69) is 10.1 Å². The highest BCUT2D eigenvalue weighted by Gasteiger charge is 2.40. The highest BCUT2D eigenvalue weighted by Crippen LogP contribution is 2.12. The molecule has 0 amide bonds. The monoisotopic (exact) mass is 163 g/mol. The van der Waals surface area contributed by atoms with Gasteiger partial charge in [0.2, 0.25) is 0 Å². The Morgan fingerprint density at radius 1 is 1.82 bits per heavy atom. The normalized spacial score (nSPS) is 37.2. The molecule has 4 nitrogen and oxygen atoms in total. The Hall–Kier alpha value is -0.680. The molecule has 0 aromatic heterocycles. The van der Waals surface area contributed by atoms with Crippen molar-refractivity contribution in [2.24, 2.45) is 0 Å². The number of esters is 1. The molecular formula is C6H10FNO3. The van der Waals surface area contributed by atoms with Gasteiger partial charge in [-0.1, -0.05) is 0 Å². The van der Waals surface area contributed by atoms with Crippen molar-refractivity contribution in [1.29, 1.82) is 0 Å². The van der Waals surface area contributed by atoms with E-state index in [1.807, 2.05) is 0 Å². The first-order chi connectivity index (χ1) is 5.16. The molecule has 0 aromatic carbocycles. The molecular weight excluding hydrogens is 153 g/mol. The molecule has 11 heavy (non-hydrogen) atoms. The predicted molar refractivity (Wildman–Crippen MR) is 34.7 cm³/mol. The Kier molecular flexibility index (Phi) is 2.41. The summed E-state index contributed by atoms with van der Waals surface area (Å²) in [6.07, 6.45) is -2.65. The summed E-state index contributed by atoms with van der Waals surface area (Å²) < 4.78 is 17.1. The van der Waals surface area contributed by atoms with E-state index in [9.17, 15) is 9.18 Å². The highest BCUT2D eigenvalue weighted by molar-refractivity contribution is 5.77.